The van der Waals surface area contributed by atoms with E-state index >= 15 is 0 Å². The molecule has 4 aromatic heterocycles. The molecule has 0 fully saturated rings. The molecule has 46 heavy (non-hydrogen) atoms. The average molecular weight is 769 g/mol. The Labute approximate surface area is 282 Å². The minimum atomic E-state index is 0. The van der Waals surface area contributed by atoms with E-state index in [4.69, 9.17) is 5.41 Å². The van der Waals surface area contributed by atoms with Crippen LogP contribution in [0.2, 0.25) is 0 Å². The van der Waals surface area contributed by atoms with Gasteiger partial charge < -0.3 is 15.4 Å². The van der Waals surface area contributed by atoms with Crippen LogP contribution in [0.5, 0.6) is 0 Å². The molecule has 0 spiro atoms. The minimum Gasteiger partial charge on any atom is -0.862 e. The van der Waals surface area contributed by atoms with Gasteiger partial charge in [0.25, 0.3) is 0 Å². The van der Waals surface area contributed by atoms with Crippen LogP contribution in [-0.2, 0) is 21.1 Å². The molecule has 5 aromatic carbocycles. The van der Waals surface area contributed by atoms with Crippen LogP contribution in [0.15, 0.2) is 171 Å². The average Bonchev–Trinajstić information content (AvgIpc) is 3.94. The van der Waals surface area contributed by atoms with Gasteiger partial charge in [-0.2, -0.15) is 10.7 Å². The van der Waals surface area contributed by atoms with Crippen LogP contribution >= 0.6 is 0 Å². The number of pyridine rings is 1. The van der Waals surface area contributed by atoms with Crippen LogP contribution in [0, 0.1) is 6.07 Å². The van der Waals surface area contributed by atoms with Crippen molar-refractivity contribution in [2.45, 2.75) is 0 Å². The maximum Gasteiger partial charge on any atom is 2.00 e. The SMILES string of the molecule is [N-]=Cc1[c-]cccc1.[W+2].c1cc[nH]c1.c1ccc2[nH]ccc2c1.c1ccc2[nH]ncc2c1.c1ccc2c(c1)cnc1ccccc12. The standard InChI is InChI=1S/C13H9N.C8H7N.C7H6N2.C7H5N.C4H5N.W/c1-2-6-11-10(5-1)9-14-13-8-4-3-7-12(11)13;1-2-4-8-7(3-1)5-6-9-8;1-2-4-7-6(3-1)5-8-9-7;8-6-7-4-2-1-3-5-7;1-2-4-5-3-1;/h1-9H;1-6,9H;1-5H,(H,8,9);1-4,6H;1-5H;/q;;;-2;;+2. The molecule has 9 aromatic rings. The van der Waals surface area contributed by atoms with Crippen LogP contribution in [0.1, 0.15) is 5.56 Å². The van der Waals surface area contributed by atoms with E-state index in [-0.39, 0.29) is 21.1 Å². The number of fused-ring (bicyclic) bond motifs is 5. The van der Waals surface area contributed by atoms with Gasteiger partial charge in [0.1, 0.15) is 0 Å². The van der Waals surface area contributed by atoms with Crippen molar-refractivity contribution < 1.29 is 21.1 Å². The van der Waals surface area contributed by atoms with E-state index < -0.39 is 0 Å². The quantitative estimate of drug-likeness (QED) is 0.0882. The van der Waals surface area contributed by atoms with E-state index in [0.717, 1.165) is 22.6 Å². The normalized spacial score (nSPS) is 9.65. The van der Waals surface area contributed by atoms with Crippen LogP contribution in [-0.4, -0.2) is 31.4 Å². The second-order valence-electron chi connectivity index (χ2n) is 9.72. The number of aromatic amines is 3. The second kappa shape index (κ2) is 18.3. The van der Waals surface area contributed by atoms with Crippen molar-refractivity contribution in [2.75, 3.05) is 0 Å². The Balaban J connectivity index is 0.000000135. The molecule has 0 aliphatic heterocycles. The fourth-order valence-electron chi connectivity index (χ4n) is 4.45. The summed E-state index contributed by atoms with van der Waals surface area (Å²) in [7, 11) is 0. The molecular formula is C39H32N6W. The number of aromatic nitrogens is 5. The molecule has 0 aliphatic carbocycles. The van der Waals surface area contributed by atoms with E-state index in [9.17, 15) is 0 Å². The number of hydrogen-bond acceptors (Lipinski definition) is 2. The molecule has 0 aliphatic rings. The zero-order valence-corrected chi connectivity index (χ0v) is 27.9. The van der Waals surface area contributed by atoms with Crippen LogP contribution in [0.4, 0.5) is 0 Å². The van der Waals surface area contributed by atoms with Gasteiger partial charge in [0.2, 0.25) is 0 Å². The summed E-state index contributed by atoms with van der Waals surface area (Å²) in [5.74, 6) is 0. The molecule has 0 atom stereocenters. The van der Waals surface area contributed by atoms with Crippen molar-refractivity contribution in [3.8, 4) is 0 Å². The fraction of sp³-hybridized carbons (Fsp3) is 0. The van der Waals surface area contributed by atoms with Crippen molar-refractivity contribution in [1.29, 1.82) is 0 Å². The third-order valence-electron chi connectivity index (χ3n) is 6.68. The molecule has 0 amide bonds. The monoisotopic (exact) mass is 768 g/mol. The smallest absolute Gasteiger partial charge is 0.862 e. The first-order valence-corrected chi connectivity index (χ1v) is 14.5. The number of para-hydroxylation sites is 3. The number of rotatable bonds is 1. The molecule has 3 N–H and O–H groups in total. The number of benzene rings is 5. The number of hydrogen-bond donors (Lipinski definition) is 3. The van der Waals surface area contributed by atoms with Gasteiger partial charge in [-0.05, 0) is 47.2 Å². The van der Waals surface area contributed by atoms with Crippen LogP contribution in [0.25, 0.3) is 48.9 Å². The molecule has 7 heteroatoms. The van der Waals surface area contributed by atoms with Crippen molar-refractivity contribution in [2.24, 2.45) is 0 Å². The van der Waals surface area contributed by atoms with Crippen LogP contribution in [0.3, 0.4) is 0 Å². The molecule has 0 bridgehead atoms. The van der Waals surface area contributed by atoms with Gasteiger partial charge in [-0.1, -0.05) is 78.9 Å². The first-order chi connectivity index (χ1) is 22.3. The van der Waals surface area contributed by atoms with Gasteiger partial charge >= 0.3 is 21.1 Å². The zero-order chi connectivity index (χ0) is 30.9. The molecule has 9 rings (SSSR count). The third kappa shape index (κ3) is 9.71. The minimum absolute atomic E-state index is 0. The largest absolute Gasteiger partial charge is 2.00 e. The molecular weight excluding hydrogens is 736 g/mol. The molecule has 0 saturated heterocycles. The molecule has 224 valence electrons. The van der Waals surface area contributed by atoms with E-state index in [0.29, 0.717) is 5.56 Å². The van der Waals surface area contributed by atoms with E-state index in [2.05, 4.69) is 79.7 Å². The zero-order valence-electron chi connectivity index (χ0n) is 25.0. The predicted molar refractivity (Wildman–Crippen MR) is 188 cm³/mol. The van der Waals surface area contributed by atoms with E-state index in [1.54, 1.807) is 12.1 Å². The first-order valence-electron chi connectivity index (χ1n) is 14.5. The van der Waals surface area contributed by atoms with Gasteiger partial charge in [-0.25, -0.2) is 0 Å². The van der Waals surface area contributed by atoms with Crippen molar-refractivity contribution in [3.63, 3.8) is 0 Å². The van der Waals surface area contributed by atoms with Crippen molar-refractivity contribution in [3.05, 3.63) is 188 Å². The Kier molecular flexibility index (Phi) is 13.2. The number of H-pyrrole nitrogens is 3. The molecule has 6 nitrogen and oxygen atoms in total. The summed E-state index contributed by atoms with van der Waals surface area (Å²) < 4.78 is 0. The topological polar surface area (TPSA) is 95.5 Å². The van der Waals surface area contributed by atoms with Gasteiger partial charge in [-0.3, -0.25) is 16.3 Å². The Hall–Kier alpha value is -5.58. The van der Waals surface area contributed by atoms with Crippen LogP contribution < -0.4 is 0 Å². The summed E-state index contributed by atoms with van der Waals surface area (Å²) in [6, 6.07) is 48.8. The number of nitrogens with zero attached hydrogens (tertiary/aromatic N) is 3. The summed E-state index contributed by atoms with van der Waals surface area (Å²) in [5.41, 5.74) is 4.08. The van der Waals surface area contributed by atoms with Crippen molar-refractivity contribution >= 4 is 49.7 Å². The van der Waals surface area contributed by atoms with E-state index in [1.807, 2.05) is 110 Å². The Morgan fingerprint density at radius 2 is 1.22 bits per heavy atom. The number of nitrogens with one attached hydrogen (secondary N) is 3. The van der Waals surface area contributed by atoms with Gasteiger partial charge in [0.15, 0.2) is 0 Å². The predicted octanol–water partition coefficient (Wildman–Crippen LogP) is 9.61. The molecule has 4 heterocycles. The van der Waals surface area contributed by atoms with Crippen molar-refractivity contribution in [1.82, 2.24) is 25.1 Å². The fourth-order valence-corrected chi connectivity index (χ4v) is 4.45. The molecule has 0 unspecified atom stereocenters. The van der Waals surface area contributed by atoms with Gasteiger partial charge in [-0.15, -0.1) is 30.3 Å². The summed E-state index contributed by atoms with van der Waals surface area (Å²) in [5, 5.41) is 21.3. The summed E-state index contributed by atoms with van der Waals surface area (Å²) >= 11 is 0. The summed E-state index contributed by atoms with van der Waals surface area (Å²) in [6.07, 6.45) is 10.5. The first kappa shape index (κ1) is 33.3. The summed E-state index contributed by atoms with van der Waals surface area (Å²) in [6.45, 7) is 0. The molecule has 0 radical (unpaired) electrons. The molecule has 0 saturated carbocycles. The maximum absolute atomic E-state index is 8.38. The third-order valence-corrected chi connectivity index (χ3v) is 6.68. The van der Waals surface area contributed by atoms with Gasteiger partial charge in [0, 0.05) is 46.5 Å². The Bertz CT molecular complexity index is 1950. The van der Waals surface area contributed by atoms with E-state index in [1.165, 1.54) is 27.1 Å². The Morgan fingerprint density at radius 1 is 0.565 bits per heavy atom. The summed E-state index contributed by atoms with van der Waals surface area (Å²) in [4.78, 5) is 10.4. The Morgan fingerprint density at radius 3 is 1.87 bits per heavy atom. The van der Waals surface area contributed by atoms with Gasteiger partial charge in [0.05, 0.1) is 17.2 Å². The second-order valence-corrected chi connectivity index (χ2v) is 9.72. The maximum atomic E-state index is 8.38.